The van der Waals surface area contributed by atoms with Crippen molar-refractivity contribution in [1.29, 1.82) is 0 Å². The molecule has 0 aromatic heterocycles. The summed E-state index contributed by atoms with van der Waals surface area (Å²) >= 11 is 1.75. The van der Waals surface area contributed by atoms with E-state index in [1.165, 1.54) is 10.6 Å². The van der Waals surface area contributed by atoms with Gasteiger partial charge in [-0.1, -0.05) is 23.9 Å². The van der Waals surface area contributed by atoms with Crippen LogP contribution in [0.3, 0.4) is 0 Å². The molecule has 0 spiro atoms. The van der Waals surface area contributed by atoms with E-state index in [4.69, 9.17) is 5.11 Å². The maximum absolute atomic E-state index is 10.7. The van der Waals surface area contributed by atoms with Crippen molar-refractivity contribution in [2.24, 2.45) is 0 Å². The first-order valence-electron chi connectivity index (χ1n) is 5.26. The Labute approximate surface area is 99.5 Å². The van der Waals surface area contributed by atoms with Gasteiger partial charge in [-0.3, -0.25) is 4.79 Å². The van der Waals surface area contributed by atoms with Gasteiger partial charge in [-0.25, -0.2) is 0 Å². The summed E-state index contributed by atoms with van der Waals surface area (Å²) in [5.74, 6) is -0.730. The molecular weight excluding hydrogens is 222 g/mol. The van der Waals surface area contributed by atoms with Gasteiger partial charge in [-0.2, -0.15) is 0 Å². The molecule has 16 heavy (non-hydrogen) atoms. The van der Waals surface area contributed by atoms with Crippen LogP contribution >= 0.6 is 11.8 Å². The molecule has 1 aromatic rings. The summed E-state index contributed by atoms with van der Waals surface area (Å²) in [6.07, 6.45) is 0.861. The predicted molar refractivity (Wildman–Crippen MR) is 66.0 cm³/mol. The standard InChI is InChI=1S/C12H15NO2S/c1-12(8-7-11(14)15)13(2)9-5-3-4-6-10(9)16-12/h3-6H,7-8H2,1-2H3,(H,14,15)/t12-/m1/s1. The lowest BCUT2D eigenvalue weighted by Gasteiger charge is -2.32. The van der Waals surface area contributed by atoms with Crippen LogP contribution in [0.4, 0.5) is 5.69 Å². The van der Waals surface area contributed by atoms with Gasteiger partial charge in [0.05, 0.1) is 10.6 Å². The molecule has 2 rings (SSSR count). The van der Waals surface area contributed by atoms with E-state index >= 15 is 0 Å². The van der Waals surface area contributed by atoms with Crippen LogP contribution in [0.15, 0.2) is 29.2 Å². The number of rotatable bonds is 3. The number of carbonyl (C=O) groups is 1. The topological polar surface area (TPSA) is 40.5 Å². The molecule has 0 amide bonds. The first-order valence-corrected chi connectivity index (χ1v) is 6.08. The molecule has 0 saturated carbocycles. The number of para-hydroxylation sites is 1. The fourth-order valence-corrected chi connectivity index (χ4v) is 3.31. The Morgan fingerprint density at radius 2 is 2.19 bits per heavy atom. The normalized spacial score (nSPS) is 23.2. The summed E-state index contributed by atoms with van der Waals surface area (Å²) in [7, 11) is 2.03. The van der Waals surface area contributed by atoms with E-state index in [0.29, 0.717) is 6.42 Å². The fourth-order valence-electron chi connectivity index (χ4n) is 1.94. The number of carboxylic acids is 1. The molecule has 0 aliphatic carbocycles. The van der Waals surface area contributed by atoms with Gasteiger partial charge in [0.15, 0.2) is 0 Å². The van der Waals surface area contributed by atoms with E-state index in [0.717, 1.165) is 0 Å². The van der Waals surface area contributed by atoms with Crippen LogP contribution < -0.4 is 4.90 Å². The molecule has 1 N–H and O–H groups in total. The summed E-state index contributed by atoms with van der Waals surface area (Å²) < 4.78 is 0. The predicted octanol–water partition coefficient (Wildman–Crippen LogP) is 2.81. The molecule has 0 fully saturated rings. The Kier molecular flexibility index (Phi) is 2.84. The molecule has 0 bridgehead atoms. The third-order valence-corrected chi connectivity index (χ3v) is 4.55. The van der Waals surface area contributed by atoms with Gasteiger partial charge in [-0.15, -0.1) is 0 Å². The minimum Gasteiger partial charge on any atom is -0.481 e. The van der Waals surface area contributed by atoms with Crippen molar-refractivity contribution in [2.45, 2.75) is 29.5 Å². The first-order chi connectivity index (χ1) is 7.53. The fraction of sp³-hybridized carbons (Fsp3) is 0.417. The van der Waals surface area contributed by atoms with Crippen LogP contribution in [0, 0.1) is 0 Å². The third-order valence-electron chi connectivity index (χ3n) is 3.07. The molecule has 0 radical (unpaired) electrons. The number of fused-ring (bicyclic) bond motifs is 1. The Balaban J connectivity index is 2.19. The number of carboxylic acid groups (broad SMARTS) is 1. The highest BCUT2D eigenvalue weighted by atomic mass is 32.2. The largest absolute Gasteiger partial charge is 0.481 e. The highest BCUT2D eigenvalue weighted by Crippen LogP contribution is 2.50. The molecule has 0 unspecified atom stereocenters. The zero-order valence-corrected chi connectivity index (χ0v) is 10.3. The minimum absolute atomic E-state index is 0.137. The molecule has 1 heterocycles. The van der Waals surface area contributed by atoms with Crippen LogP contribution in [-0.2, 0) is 4.79 Å². The molecule has 1 aliphatic rings. The van der Waals surface area contributed by atoms with Crippen LogP contribution in [0.5, 0.6) is 0 Å². The minimum atomic E-state index is -0.730. The zero-order valence-electron chi connectivity index (χ0n) is 9.43. The third kappa shape index (κ3) is 1.89. The zero-order chi connectivity index (χ0) is 11.8. The van der Waals surface area contributed by atoms with Crippen molar-refractivity contribution < 1.29 is 9.90 Å². The first kappa shape index (κ1) is 11.3. The van der Waals surface area contributed by atoms with Crippen LogP contribution in [-0.4, -0.2) is 23.0 Å². The van der Waals surface area contributed by atoms with Gasteiger partial charge in [-0.05, 0) is 25.5 Å². The highest BCUT2D eigenvalue weighted by Gasteiger charge is 2.38. The number of benzene rings is 1. The lowest BCUT2D eigenvalue weighted by atomic mass is 10.1. The van der Waals surface area contributed by atoms with Crippen molar-refractivity contribution in [3.8, 4) is 0 Å². The van der Waals surface area contributed by atoms with E-state index in [9.17, 15) is 4.79 Å². The van der Waals surface area contributed by atoms with E-state index in [-0.39, 0.29) is 11.3 Å². The molecule has 3 nitrogen and oxygen atoms in total. The van der Waals surface area contributed by atoms with Crippen molar-refractivity contribution >= 4 is 23.4 Å². The van der Waals surface area contributed by atoms with Crippen LogP contribution in [0.25, 0.3) is 0 Å². The summed E-state index contributed by atoms with van der Waals surface area (Å²) in [4.78, 5) is 13.9. The number of nitrogens with zero attached hydrogens (tertiary/aromatic N) is 1. The monoisotopic (exact) mass is 237 g/mol. The molecule has 1 aliphatic heterocycles. The Morgan fingerprint density at radius 3 is 2.81 bits per heavy atom. The van der Waals surface area contributed by atoms with Gasteiger partial charge in [0, 0.05) is 18.4 Å². The molecule has 0 saturated heterocycles. The Bertz CT molecular complexity index is 421. The van der Waals surface area contributed by atoms with Gasteiger partial charge < -0.3 is 10.0 Å². The van der Waals surface area contributed by atoms with Gasteiger partial charge in [0.1, 0.15) is 0 Å². The van der Waals surface area contributed by atoms with Crippen molar-refractivity contribution in [2.75, 3.05) is 11.9 Å². The van der Waals surface area contributed by atoms with E-state index in [1.807, 2.05) is 19.2 Å². The second-order valence-electron chi connectivity index (χ2n) is 4.20. The van der Waals surface area contributed by atoms with Crippen LogP contribution in [0.2, 0.25) is 0 Å². The number of hydrogen-bond donors (Lipinski definition) is 1. The molecule has 4 heteroatoms. The summed E-state index contributed by atoms with van der Waals surface area (Å²) in [6, 6.07) is 8.19. The van der Waals surface area contributed by atoms with Crippen molar-refractivity contribution in [3.05, 3.63) is 24.3 Å². The average Bonchev–Trinajstić information content (AvgIpc) is 2.50. The van der Waals surface area contributed by atoms with Crippen LogP contribution in [0.1, 0.15) is 19.8 Å². The quantitative estimate of drug-likeness (QED) is 0.877. The smallest absolute Gasteiger partial charge is 0.303 e. The maximum Gasteiger partial charge on any atom is 0.303 e. The molecule has 1 aromatic carbocycles. The van der Waals surface area contributed by atoms with Crippen molar-refractivity contribution in [1.82, 2.24) is 0 Å². The van der Waals surface area contributed by atoms with Gasteiger partial charge >= 0.3 is 5.97 Å². The number of thioether (sulfide) groups is 1. The van der Waals surface area contributed by atoms with E-state index in [2.05, 4.69) is 24.0 Å². The summed E-state index contributed by atoms with van der Waals surface area (Å²) in [6.45, 7) is 2.10. The second kappa shape index (κ2) is 4.01. The highest BCUT2D eigenvalue weighted by molar-refractivity contribution is 8.01. The maximum atomic E-state index is 10.7. The van der Waals surface area contributed by atoms with E-state index in [1.54, 1.807) is 11.8 Å². The SMILES string of the molecule is CN1c2ccccc2S[C@]1(C)CCC(=O)O. The average molecular weight is 237 g/mol. The Hall–Kier alpha value is -1.16. The lowest BCUT2D eigenvalue weighted by molar-refractivity contribution is -0.137. The number of aliphatic carboxylic acids is 1. The second-order valence-corrected chi connectivity index (χ2v) is 5.72. The summed E-state index contributed by atoms with van der Waals surface area (Å²) in [5.41, 5.74) is 1.19. The Morgan fingerprint density at radius 1 is 1.50 bits per heavy atom. The van der Waals surface area contributed by atoms with Crippen molar-refractivity contribution in [3.63, 3.8) is 0 Å². The molecule has 86 valence electrons. The van der Waals surface area contributed by atoms with Gasteiger partial charge in [0.25, 0.3) is 0 Å². The lowest BCUT2D eigenvalue weighted by Crippen LogP contribution is -2.37. The van der Waals surface area contributed by atoms with E-state index < -0.39 is 5.97 Å². The van der Waals surface area contributed by atoms with Gasteiger partial charge in [0.2, 0.25) is 0 Å². The molecule has 1 atom stereocenters. The number of anilines is 1. The molecular formula is C12H15NO2S. The number of hydrogen-bond acceptors (Lipinski definition) is 3. The summed E-state index contributed by atoms with van der Waals surface area (Å²) in [5, 5.41) is 8.76.